The van der Waals surface area contributed by atoms with E-state index in [9.17, 15) is 9.59 Å². The monoisotopic (exact) mass is 275 g/mol. The Labute approximate surface area is 119 Å². The predicted octanol–water partition coefficient (Wildman–Crippen LogP) is 1.50. The molecule has 5 nitrogen and oxygen atoms in total. The van der Waals surface area contributed by atoms with Crippen LogP contribution in [0.3, 0.4) is 0 Å². The van der Waals surface area contributed by atoms with Crippen molar-refractivity contribution >= 4 is 11.9 Å². The number of hydrogen-bond acceptors (Lipinski definition) is 2. The van der Waals surface area contributed by atoms with Crippen LogP contribution in [0.5, 0.6) is 0 Å². The minimum absolute atomic E-state index is 0.0923. The normalized spacial score (nSPS) is 18.1. The average molecular weight is 275 g/mol. The number of likely N-dealkylation sites (tertiary alicyclic amines) is 1. The summed E-state index contributed by atoms with van der Waals surface area (Å²) in [4.78, 5) is 25.3. The first-order valence-electron chi connectivity index (χ1n) is 7.05. The van der Waals surface area contributed by atoms with Gasteiger partial charge in [-0.25, -0.2) is 4.79 Å². The highest BCUT2D eigenvalue weighted by molar-refractivity contribution is 5.81. The fourth-order valence-electron chi connectivity index (χ4n) is 2.30. The fraction of sp³-hybridized carbons (Fsp3) is 0.467. The molecule has 1 aliphatic rings. The highest BCUT2D eigenvalue weighted by Crippen LogP contribution is 2.14. The maximum atomic E-state index is 11.9. The van der Waals surface area contributed by atoms with E-state index in [1.54, 1.807) is 4.90 Å². The molecule has 1 unspecified atom stereocenters. The highest BCUT2D eigenvalue weighted by atomic mass is 16.2. The maximum Gasteiger partial charge on any atom is 0.315 e. The Bertz CT molecular complexity index is 461. The number of amides is 3. The van der Waals surface area contributed by atoms with Crippen molar-refractivity contribution in [3.8, 4) is 0 Å². The third kappa shape index (κ3) is 3.98. The van der Waals surface area contributed by atoms with Gasteiger partial charge in [-0.3, -0.25) is 4.79 Å². The quantitative estimate of drug-likeness (QED) is 0.855. The van der Waals surface area contributed by atoms with E-state index in [-0.39, 0.29) is 18.0 Å². The number of carbonyl (C=O) groups is 2. The first-order chi connectivity index (χ1) is 9.69. The van der Waals surface area contributed by atoms with Crippen molar-refractivity contribution in [2.45, 2.75) is 32.4 Å². The Balaban J connectivity index is 1.83. The number of urea groups is 1. The highest BCUT2D eigenvalue weighted by Gasteiger charge is 2.30. The van der Waals surface area contributed by atoms with E-state index in [0.717, 1.165) is 12.0 Å². The summed E-state index contributed by atoms with van der Waals surface area (Å²) in [6.45, 7) is 3.84. The van der Waals surface area contributed by atoms with Crippen molar-refractivity contribution < 1.29 is 9.59 Å². The van der Waals surface area contributed by atoms with E-state index < -0.39 is 0 Å². The summed E-state index contributed by atoms with van der Waals surface area (Å²) in [5, 5.41) is 5.61. The van der Waals surface area contributed by atoms with E-state index in [1.807, 2.05) is 37.3 Å². The van der Waals surface area contributed by atoms with Crippen LogP contribution in [0.1, 0.15) is 25.3 Å². The molecule has 108 valence electrons. The minimum atomic E-state index is -0.189. The van der Waals surface area contributed by atoms with E-state index in [1.165, 1.54) is 0 Å². The standard InChI is InChI=1S/C15H21N3O2/c1-2-8-16-15(20)17-13-9-14(19)18(11-13)10-12-6-4-3-5-7-12/h3-7,13H,2,8-11H2,1H3,(H2,16,17,20). The van der Waals surface area contributed by atoms with Crippen molar-refractivity contribution in [2.75, 3.05) is 13.1 Å². The molecule has 0 radical (unpaired) electrons. The van der Waals surface area contributed by atoms with E-state index >= 15 is 0 Å². The summed E-state index contributed by atoms with van der Waals surface area (Å²) in [6, 6.07) is 9.60. The largest absolute Gasteiger partial charge is 0.338 e. The van der Waals surface area contributed by atoms with Gasteiger partial charge in [-0.2, -0.15) is 0 Å². The van der Waals surface area contributed by atoms with Gasteiger partial charge >= 0.3 is 6.03 Å². The van der Waals surface area contributed by atoms with Crippen molar-refractivity contribution in [3.63, 3.8) is 0 Å². The van der Waals surface area contributed by atoms with Crippen LogP contribution in [-0.4, -0.2) is 36.0 Å². The number of carbonyl (C=O) groups excluding carboxylic acids is 2. The molecule has 1 fully saturated rings. The molecule has 2 N–H and O–H groups in total. The molecule has 0 aliphatic carbocycles. The Morgan fingerprint density at radius 1 is 1.35 bits per heavy atom. The van der Waals surface area contributed by atoms with Gasteiger partial charge in [-0.1, -0.05) is 37.3 Å². The van der Waals surface area contributed by atoms with Gasteiger partial charge in [0.25, 0.3) is 0 Å². The molecule has 0 saturated carbocycles. The van der Waals surface area contributed by atoms with Crippen molar-refractivity contribution in [3.05, 3.63) is 35.9 Å². The first-order valence-corrected chi connectivity index (χ1v) is 7.05. The molecule has 0 bridgehead atoms. The third-order valence-corrected chi connectivity index (χ3v) is 3.30. The molecule has 1 saturated heterocycles. The lowest BCUT2D eigenvalue weighted by molar-refractivity contribution is -0.128. The molecule has 20 heavy (non-hydrogen) atoms. The van der Waals surface area contributed by atoms with Gasteiger partial charge in [-0.15, -0.1) is 0 Å². The lowest BCUT2D eigenvalue weighted by Crippen LogP contribution is -2.43. The average Bonchev–Trinajstić information content (AvgIpc) is 2.77. The van der Waals surface area contributed by atoms with Crippen molar-refractivity contribution in [2.24, 2.45) is 0 Å². The minimum Gasteiger partial charge on any atom is -0.338 e. The predicted molar refractivity (Wildman–Crippen MR) is 77.1 cm³/mol. The maximum absolute atomic E-state index is 11.9. The van der Waals surface area contributed by atoms with E-state index in [0.29, 0.717) is 26.1 Å². The summed E-state index contributed by atoms with van der Waals surface area (Å²) in [5.41, 5.74) is 1.11. The Morgan fingerprint density at radius 2 is 2.10 bits per heavy atom. The second kappa shape index (κ2) is 6.93. The van der Waals surface area contributed by atoms with Gasteiger partial charge in [0, 0.05) is 26.1 Å². The van der Waals surface area contributed by atoms with E-state index in [2.05, 4.69) is 10.6 Å². The SMILES string of the molecule is CCCNC(=O)NC1CC(=O)N(Cc2ccccc2)C1. The molecule has 0 spiro atoms. The summed E-state index contributed by atoms with van der Waals surface area (Å²) >= 11 is 0. The van der Waals surface area contributed by atoms with Gasteiger partial charge in [0.05, 0.1) is 6.04 Å². The summed E-state index contributed by atoms with van der Waals surface area (Å²) in [7, 11) is 0. The summed E-state index contributed by atoms with van der Waals surface area (Å²) in [5.74, 6) is 0.0923. The van der Waals surface area contributed by atoms with Crippen LogP contribution in [0.15, 0.2) is 30.3 Å². The fourth-order valence-corrected chi connectivity index (χ4v) is 2.30. The lowest BCUT2D eigenvalue weighted by atomic mass is 10.2. The van der Waals surface area contributed by atoms with Crippen LogP contribution >= 0.6 is 0 Å². The van der Waals surface area contributed by atoms with Crippen LogP contribution in [0, 0.1) is 0 Å². The molecule has 1 atom stereocenters. The topological polar surface area (TPSA) is 61.4 Å². The second-order valence-electron chi connectivity index (χ2n) is 5.06. The number of nitrogens with zero attached hydrogens (tertiary/aromatic N) is 1. The molecular formula is C15H21N3O2. The summed E-state index contributed by atoms with van der Waals surface area (Å²) in [6.07, 6.45) is 1.28. The number of hydrogen-bond donors (Lipinski definition) is 2. The molecule has 1 aromatic rings. The molecular weight excluding hydrogens is 254 g/mol. The van der Waals surface area contributed by atoms with Crippen LogP contribution < -0.4 is 10.6 Å². The van der Waals surface area contributed by atoms with Crippen molar-refractivity contribution in [1.29, 1.82) is 0 Å². The molecule has 1 heterocycles. The Morgan fingerprint density at radius 3 is 2.80 bits per heavy atom. The Hall–Kier alpha value is -2.04. The number of benzene rings is 1. The zero-order valence-corrected chi connectivity index (χ0v) is 11.8. The van der Waals surface area contributed by atoms with Gasteiger partial charge in [0.1, 0.15) is 0 Å². The van der Waals surface area contributed by atoms with Gasteiger partial charge in [-0.05, 0) is 12.0 Å². The Kier molecular flexibility index (Phi) is 4.98. The molecule has 2 rings (SSSR count). The second-order valence-corrected chi connectivity index (χ2v) is 5.06. The van der Waals surface area contributed by atoms with Gasteiger partial charge < -0.3 is 15.5 Å². The molecule has 5 heteroatoms. The van der Waals surface area contributed by atoms with Crippen LogP contribution in [0.4, 0.5) is 4.79 Å². The van der Waals surface area contributed by atoms with Crippen LogP contribution in [-0.2, 0) is 11.3 Å². The van der Waals surface area contributed by atoms with E-state index in [4.69, 9.17) is 0 Å². The molecule has 1 aromatic carbocycles. The zero-order chi connectivity index (χ0) is 14.4. The first kappa shape index (κ1) is 14.4. The smallest absolute Gasteiger partial charge is 0.315 e. The molecule has 1 aliphatic heterocycles. The van der Waals surface area contributed by atoms with Crippen LogP contribution in [0.25, 0.3) is 0 Å². The summed E-state index contributed by atoms with van der Waals surface area (Å²) < 4.78 is 0. The molecule has 3 amide bonds. The molecule has 0 aromatic heterocycles. The van der Waals surface area contributed by atoms with Gasteiger partial charge in [0.15, 0.2) is 0 Å². The lowest BCUT2D eigenvalue weighted by Gasteiger charge is -2.17. The van der Waals surface area contributed by atoms with Crippen LogP contribution in [0.2, 0.25) is 0 Å². The third-order valence-electron chi connectivity index (χ3n) is 3.30. The van der Waals surface area contributed by atoms with Gasteiger partial charge in [0.2, 0.25) is 5.91 Å². The number of nitrogens with one attached hydrogen (secondary N) is 2. The number of rotatable bonds is 5. The zero-order valence-electron chi connectivity index (χ0n) is 11.8. The van der Waals surface area contributed by atoms with Crippen molar-refractivity contribution in [1.82, 2.24) is 15.5 Å².